The molecule has 0 radical (unpaired) electrons. The third-order valence-corrected chi connectivity index (χ3v) is 3.10. The molecular weight excluding hydrogens is 230 g/mol. The summed E-state index contributed by atoms with van der Waals surface area (Å²) < 4.78 is 4.68. The van der Waals surface area contributed by atoms with Gasteiger partial charge in [-0.05, 0) is 18.9 Å². The van der Waals surface area contributed by atoms with Gasteiger partial charge in [-0.25, -0.2) is 9.59 Å². The van der Waals surface area contributed by atoms with Crippen molar-refractivity contribution >= 4 is 12.1 Å². The van der Waals surface area contributed by atoms with Gasteiger partial charge in [0.1, 0.15) is 6.04 Å². The molecule has 1 saturated heterocycles. The van der Waals surface area contributed by atoms with Crippen molar-refractivity contribution in [2.45, 2.75) is 25.4 Å². The quantitative estimate of drug-likeness (QED) is 0.465. The van der Waals surface area contributed by atoms with E-state index < -0.39 is 18.1 Å². The molecule has 2 atom stereocenters. The third kappa shape index (κ3) is 2.14. The molecule has 0 spiro atoms. The van der Waals surface area contributed by atoms with E-state index in [1.165, 1.54) is 4.90 Å². The second-order valence-electron chi connectivity index (χ2n) is 4.22. The van der Waals surface area contributed by atoms with E-state index in [9.17, 15) is 9.59 Å². The van der Waals surface area contributed by atoms with Crippen LogP contribution in [0, 0.1) is 0 Å². The molecule has 1 heterocycles. The number of cyclic esters (lactones) is 2. The number of carbonyl (C=O) groups is 2. The van der Waals surface area contributed by atoms with Crippen molar-refractivity contribution in [2.75, 3.05) is 0 Å². The van der Waals surface area contributed by atoms with Crippen LogP contribution in [0.15, 0.2) is 43.0 Å². The number of hydrogen-bond acceptors (Lipinski definition) is 3. The minimum atomic E-state index is -0.580. The zero-order chi connectivity index (χ0) is 13.1. The lowest BCUT2D eigenvalue weighted by Gasteiger charge is -2.26. The van der Waals surface area contributed by atoms with Crippen LogP contribution in [0.1, 0.15) is 24.9 Å². The number of ether oxygens (including phenoxy) is 1. The van der Waals surface area contributed by atoms with Crippen LogP contribution < -0.4 is 0 Å². The Bertz CT molecular complexity index is 469. The van der Waals surface area contributed by atoms with Crippen molar-refractivity contribution in [3.05, 3.63) is 48.6 Å². The molecule has 1 unspecified atom stereocenters. The number of amides is 1. The number of carbonyl (C=O) groups excluding carboxylic acids is 2. The Labute approximate surface area is 106 Å². The Morgan fingerprint density at radius 2 is 2.06 bits per heavy atom. The molecular formula is C14H15NO3. The van der Waals surface area contributed by atoms with E-state index in [1.54, 1.807) is 6.08 Å². The maximum Gasteiger partial charge on any atom is 0.418 e. The lowest BCUT2D eigenvalue weighted by atomic mass is 10.0. The lowest BCUT2D eigenvalue weighted by molar-refractivity contribution is -0.135. The van der Waals surface area contributed by atoms with Crippen molar-refractivity contribution in [1.82, 2.24) is 4.90 Å². The van der Waals surface area contributed by atoms with Crippen LogP contribution >= 0.6 is 0 Å². The fraction of sp³-hybridized carbons (Fsp3) is 0.286. The summed E-state index contributed by atoms with van der Waals surface area (Å²) in [6.45, 7) is 5.48. The Morgan fingerprint density at radius 3 is 2.67 bits per heavy atom. The van der Waals surface area contributed by atoms with Gasteiger partial charge >= 0.3 is 12.1 Å². The molecule has 0 bridgehead atoms. The first kappa shape index (κ1) is 12.4. The standard InChI is InChI=1S/C14H15NO3/c1-3-7-12-13(16)18-14(17)15(12)10(2)11-8-5-4-6-9-11/h3-6,8-10,12H,1,7H2,2H3/t10-,12?/m0/s1. The van der Waals surface area contributed by atoms with Gasteiger partial charge in [-0.3, -0.25) is 4.90 Å². The molecule has 4 heteroatoms. The van der Waals surface area contributed by atoms with E-state index in [2.05, 4.69) is 11.3 Å². The van der Waals surface area contributed by atoms with Crippen molar-refractivity contribution in [2.24, 2.45) is 0 Å². The van der Waals surface area contributed by atoms with Crippen LogP contribution in [0.3, 0.4) is 0 Å². The summed E-state index contributed by atoms with van der Waals surface area (Å²) in [4.78, 5) is 24.8. The van der Waals surface area contributed by atoms with E-state index in [4.69, 9.17) is 0 Å². The van der Waals surface area contributed by atoms with Crippen molar-refractivity contribution in [3.63, 3.8) is 0 Å². The smallest absolute Gasteiger partial charge is 0.375 e. The highest BCUT2D eigenvalue weighted by molar-refractivity contribution is 5.95. The normalized spacial score (nSPS) is 20.7. The Hall–Kier alpha value is -2.10. The van der Waals surface area contributed by atoms with Crippen molar-refractivity contribution in [1.29, 1.82) is 0 Å². The van der Waals surface area contributed by atoms with Gasteiger partial charge in [-0.1, -0.05) is 36.4 Å². The fourth-order valence-electron chi connectivity index (χ4n) is 2.14. The second kappa shape index (κ2) is 5.04. The highest BCUT2D eigenvalue weighted by Crippen LogP contribution is 2.29. The summed E-state index contributed by atoms with van der Waals surface area (Å²) in [5.74, 6) is -0.498. The SMILES string of the molecule is C=CCC1C(=O)OC(=O)N1[C@@H](C)c1ccccc1. The predicted octanol–water partition coefficient (Wildman–Crippen LogP) is 2.67. The number of hydrogen-bond donors (Lipinski definition) is 0. The van der Waals surface area contributed by atoms with Crippen LogP contribution in [-0.2, 0) is 9.53 Å². The van der Waals surface area contributed by atoms with E-state index in [0.717, 1.165) is 5.56 Å². The molecule has 1 fully saturated rings. The number of rotatable bonds is 4. The lowest BCUT2D eigenvalue weighted by Crippen LogP contribution is -2.36. The maximum atomic E-state index is 11.7. The summed E-state index contributed by atoms with van der Waals surface area (Å²) in [5.41, 5.74) is 0.971. The zero-order valence-electron chi connectivity index (χ0n) is 10.2. The van der Waals surface area contributed by atoms with Gasteiger partial charge in [0.05, 0.1) is 6.04 Å². The minimum Gasteiger partial charge on any atom is -0.375 e. The van der Waals surface area contributed by atoms with Crippen LogP contribution in [-0.4, -0.2) is 23.0 Å². The van der Waals surface area contributed by atoms with Gasteiger partial charge in [0, 0.05) is 0 Å². The van der Waals surface area contributed by atoms with E-state index in [1.807, 2.05) is 37.3 Å². The highest BCUT2D eigenvalue weighted by Gasteiger charge is 2.43. The van der Waals surface area contributed by atoms with Gasteiger partial charge in [0.25, 0.3) is 0 Å². The molecule has 1 aromatic rings. The van der Waals surface area contributed by atoms with Gasteiger partial charge < -0.3 is 4.74 Å². The predicted molar refractivity (Wildman–Crippen MR) is 66.8 cm³/mol. The average molecular weight is 245 g/mol. The van der Waals surface area contributed by atoms with Crippen LogP contribution in [0.2, 0.25) is 0 Å². The maximum absolute atomic E-state index is 11.7. The molecule has 1 amide bonds. The minimum absolute atomic E-state index is 0.199. The zero-order valence-corrected chi connectivity index (χ0v) is 10.2. The molecule has 4 nitrogen and oxygen atoms in total. The monoisotopic (exact) mass is 245 g/mol. The number of benzene rings is 1. The van der Waals surface area contributed by atoms with Crippen molar-refractivity contribution < 1.29 is 14.3 Å². The van der Waals surface area contributed by atoms with Gasteiger partial charge in [0.15, 0.2) is 0 Å². The van der Waals surface area contributed by atoms with Crippen LogP contribution in [0.4, 0.5) is 4.79 Å². The molecule has 0 aliphatic carbocycles. The molecule has 94 valence electrons. The third-order valence-electron chi connectivity index (χ3n) is 3.10. The molecule has 18 heavy (non-hydrogen) atoms. The van der Waals surface area contributed by atoms with Gasteiger partial charge in [-0.15, -0.1) is 6.58 Å². The number of nitrogens with zero attached hydrogens (tertiary/aromatic N) is 1. The molecule has 0 N–H and O–H groups in total. The Kier molecular flexibility index (Phi) is 3.46. The first-order valence-corrected chi connectivity index (χ1v) is 5.85. The summed E-state index contributed by atoms with van der Waals surface area (Å²) in [6.07, 6.45) is 1.44. The van der Waals surface area contributed by atoms with E-state index in [0.29, 0.717) is 6.42 Å². The summed E-state index contributed by atoms with van der Waals surface area (Å²) in [6, 6.07) is 8.79. The van der Waals surface area contributed by atoms with Crippen LogP contribution in [0.25, 0.3) is 0 Å². The summed E-state index contributed by atoms with van der Waals surface area (Å²) >= 11 is 0. The van der Waals surface area contributed by atoms with Gasteiger partial charge in [0.2, 0.25) is 0 Å². The molecule has 0 saturated carbocycles. The Balaban J connectivity index is 2.27. The summed E-state index contributed by atoms with van der Waals surface area (Å²) in [7, 11) is 0. The first-order valence-electron chi connectivity index (χ1n) is 5.85. The van der Waals surface area contributed by atoms with Crippen molar-refractivity contribution in [3.8, 4) is 0 Å². The largest absolute Gasteiger partial charge is 0.418 e. The highest BCUT2D eigenvalue weighted by atomic mass is 16.6. The molecule has 2 rings (SSSR count). The first-order chi connectivity index (χ1) is 8.65. The molecule has 1 aliphatic rings. The topological polar surface area (TPSA) is 46.6 Å². The van der Waals surface area contributed by atoms with Gasteiger partial charge in [-0.2, -0.15) is 0 Å². The summed E-state index contributed by atoms with van der Waals surface area (Å²) in [5, 5.41) is 0. The Morgan fingerprint density at radius 1 is 1.39 bits per heavy atom. The second-order valence-corrected chi connectivity index (χ2v) is 4.22. The van der Waals surface area contributed by atoms with E-state index >= 15 is 0 Å². The molecule has 1 aliphatic heterocycles. The number of esters is 1. The average Bonchev–Trinajstić information content (AvgIpc) is 2.65. The molecule has 1 aromatic carbocycles. The van der Waals surface area contributed by atoms with E-state index in [-0.39, 0.29) is 6.04 Å². The molecule has 0 aromatic heterocycles. The fourth-order valence-corrected chi connectivity index (χ4v) is 2.14. The van der Waals surface area contributed by atoms with Crippen LogP contribution in [0.5, 0.6) is 0 Å².